The highest BCUT2D eigenvalue weighted by Crippen LogP contribution is 2.32. The normalized spacial score (nSPS) is 11.7. The van der Waals surface area contributed by atoms with Crippen molar-refractivity contribution < 1.29 is 13.2 Å². The maximum absolute atomic E-state index is 13.5. The lowest BCUT2D eigenvalue weighted by molar-refractivity contribution is 0.103. The Morgan fingerprint density at radius 1 is 0.968 bits per heavy atom. The Kier molecular flexibility index (Phi) is 5.55. The van der Waals surface area contributed by atoms with Gasteiger partial charge in [0.25, 0.3) is 5.91 Å². The molecule has 4 rings (SSSR count). The lowest BCUT2D eigenvalue weighted by atomic mass is 10.2. The van der Waals surface area contributed by atoms with Crippen molar-refractivity contribution in [2.45, 2.75) is 36.7 Å². The molecule has 0 spiro atoms. The van der Waals surface area contributed by atoms with Crippen LogP contribution in [0.15, 0.2) is 74.6 Å². The number of carbonyl (C=O) groups is 1. The average Bonchev–Trinajstić information content (AvgIpc) is 3.39. The Labute approximate surface area is 183 Å². The number of hydrogen-bond acceptors (Lipinski definition) is 5. The van der Waals surface area contributed by atoms with Crippen molar-refractivity contribution in [2.75, 3.05) is 5.32 Å². The smallest absolute Gasteiger partial charge is 0.320 e. The molecule has 160 valence electrons. The van der Waals surface area contributed by atoms with Crippen LogP contribution in [0.1, 0.15) is 23.5 Å². The van der Waals surface area contributed by atoms with Crippen molar-refractivity contribution in [3.8, 4) is 0 Å². The number of fused-ring (bicyclic) bond motifs is 1. The number of amides is 1. The molecule has 9 heteroatoms. The molecule has 7 nitrogen and oxygen atoms in total. The molecule has 0 radical (unpaired) electrons. The number of nitrogens with one attached hydrogen (secondary N) is 1. The molecule has 0 saturated carbocycles. The Morgan fingerprint density at radius 2 is 1.61 bits per heavy atom. The van der Waals surface area contributed by atoms with Crippen molar-refractivity contribution >= 4 is 43.8 Å². The summed E-state index contributed by atoms with van der Waals surface area (Å²) in [6.07, 6.45) is 0. The van der Waals surface area contributed by atoms with Crippen LogP contribution >= 0.6 is 11.3 Å². The number of nitrogens with zero attached hydrogens (tertiary/aromatic N) is 2. The van der Waals surface area contributed by atoms with Crippen molar-refractivity contribution in [2.24, 2.45) is 0 Å². The molecule has 2 aromatic heterocycles. The van der Waals surface area contributed by atoms with Crippen LogP contribution in [0.5, 0.6) is 0 Å². The number of aromatic nitrogens is 2. The summed E-state index contributed by atoms with van der Waals surface area (Å²) >= 11 is 1.26. The van der Waals surface area contributed by atoms with Crippen LogP contribution < -0.4 is 11.0 Å². The van der Waals surface area contributed by atoms with E-state index in [-0.39, 0.29) is 21.2 Å². The highest BCUT2D eigenvalue weighted by atomic mass is 32.2. The summed E-state index contributed by atoms with van der Waals surface area (Å²) < 4.78 is 30.1. The summed E-state index contributed by atoms with van der Waals surface area (Å²) in [5.41, 5.74) is 1.01. The van der Waals surface area contributed by atoms with Gasteiger partial charge in [0, 0.05) is 13.1 Å². The SMILES string of the molecule is CCn1c(=O)n(CC)c2cc(S(=O)(=O)c3ccccc3)c(NC(=O)c3cccs3)cc21. The van der Waals surface area contributed by atoms with Gasteiger partial charge in [-0.05, 0) is 49.6 Å². The van der Waals surface area contributed by atoms with Crippen molar-refractivity contribution in [3.05, 3.63) is 75.3 Å². The van der Waals surface area contributed by atoms with Crippen LogP contribution in [0.4, 0.5) is 5.69 Å². The number of sulfone groups is 1. The van der Waals surface area contributed by atoms with E-state index < -0.39 is 15.7 Å². The van der Waals surface area contributed by atoms with E-state index in [1.165, 1.54) is 34.1 Å². The molecule has 1 N–H and O–H groups in total. The minimum atomic E-state index is -3.95. The third-order valence-electron chi connectivity index (χ3n) is 5.09. The molecule has 0 fully saturated rings. The lowest BCUT2D eigenvalue weighted by Gasteiger charge is -2.13. The molecule has 0 bridgehead atoms. The summed E-state index contributed by atoms with van der Waals surface area (Å²) in [4.78, 5) is 26.1. The van der Waals surface area contributed by atoms with E-state index in [0.717, 1.165) is 0 Å². The third kappa shape index (κ3) is 3.60. The van der Waals surface area contributed by atoms with Gasteiger partial charge in [-0.2, -0.15) is 0 Å². The standard InChI is InChI=1S/C22H21N3O4S2/c1-3-24-17-13-16(23-21(26)19-11-8-12-30-19)20(14-18(17)25(4-2)22(24)27)31(28,29)15-9-6-5-7-10-15/h5-14H,3-4H2,1-2H3,(H,23,26). The lowest BCUT2D eigenvalue weighted by Crippen LogP contribution is -2.23. The molecule has 0 unspecified atom stereocenters. The second-order valence-corrected chi connectivity index (χ2v) is 9.72. The van der Waals surface area contributed by atoms with Gasteiger partial charge in [-0.1, -0.05) is 24.3 Å². The van der Waals surface area contributed by atoms with Crippen LogP contribution in [-0.4, -0.2) is 23.5 Å². The van der Waals surface area contributed by atoms with Crippen LogP contribution in [0, 0.1) is 0 Å². The first kappa shape index (κ1) is 21.1. The zero-order chi connectivity index (χ0) is 22.2. The molecule has 0 aliphatic rings. The topological polar surface area (TPSA) is 90.2 Å². The molecule has 2 aromatic carbocycles. The zero-order valence-electron chi connectivity index (χ0n) is 17.0. The van der Waals surface area contributed by atoms with Crippen molar-refractivity contribution in [3.63, 3.8) is 0 Å². The summed E-state index contributed by atoms with van der Waals surface area (Å²) in [5.74, 6) is -0.404. The fourth-order valence-electron chi connectivity index (χ4n) is 3.59. The first-order chi connectivity index (χ1) is 14.9. The molecule has 0 aliphatic carbocycles. The molecule has 2 heterocycles. The van der Waals surface area contributed by atoms with E-state index in [0.29, 0.717) is 29.0 Å². The van der Waals surface area contributed by atoms with Gasteiger partial charge in [-0.15, -0.1) is 11.3 Å². The number of thiophene rings is 1. The van der Waals surface area contributed by atoms with Crippen LogP contribution in [0.2, 0.25) is 0 Å². The van der Waals surface area contributed by atoms with Gasteiger partial charge in [0.2, 0.25) is 9.84 Å². The van der Waals surface area contributed by atoms with Crippen LogP contribution in [0.25, 0.3) is 11.0 Å². The largest absolute Gasteiger partial charge is 0.329 e. The second kappa shape index (κ2) is 8.16. The van der Waals surface area contributed by atoms with Gasteiger partial charge in [-0.25, -0.2) is 13.2 Å². The number of aryl methyl sites for hydroxylation is 2. The van der Waals surface area contributed by atoms with Gasteiger partial charge >= 0.3 is 5.69 Å². The minimum absolute atomic E-state index is 0.0495. The molecule has 4 aromatic rings. The predicted octanol–water partition coefficient (Wildman–Crippen LogP) is 3.99. The second-order valence-electron chi connectivity index (χ2n) is 6.86. The predicted molar refractivity (Wildman–Crippen MR) is 122 cm³/mol. The minimum Gasteiger partial charge on any atom is -0.320 e. The van der Waals surface area contributed by atoms with Gasteiger partial charge < -0.3 is 5.32 Å². The number of imidazole rings is 1. The number of carbonyl (C=O) groups excluding carboxylic acids is 1. The van der Waals surface area contributed by atoms with E-state index in [1.54, 1.807) is 46.3 Å². The average molecular weight is 456 g/mol. The summed E-state index contributed by atoms with van der Waals surface area (Å²) in [6.45, 7) is 4.50. The number of anilines is 1. The first-order valence-electron chi connectivity index (χ1n) is 9.80. The van der Waals surface area contributed by atoms with Crippen LogP contribution in [0.3, 0.4) is 0 Å². The molecule has 0 saturated heterocycles. The molecular weight excluding hydrogens is 434 g/mol. The van der Waals surface area contributed by atoms with E-state index in [2.05, 4.69) is 5.32 Å². The van der Waals surface area contributed by atoms with Gasteiger partial charge in [0.05, 0.1) is 31.4 Å². The Balaban J connectivity index is 2.00. The van der Waals surface area contributed by atoms with Crippen molar-refractivity contribution in [1.29, 1.82) is 0 Å². The van der Waals surface area contributed by atoms with Gasteiger partial charge in [0.1, 0.15) is 0 Å². The quantitative estimate of drug-likeness (QED) is 0.476. The van der Waals surface area contributed by atoms with Gasteiger partial charge in [0.15, 0.2) is 0 Å². The highest BCUT2D eigenvalue weighted by molar-refractivity contribution is 7.91. The zero-order valence-corrected chi connectivity index (χ0v) is 18.7. The van der Waals surface area contributed by atoms with E-state index in [1.807, 2.05) is 13.8 Å². The summed E-state index contributed by atoms with van der Waals surface area (Å²) in [5, 5.41) is 4.52. The molecule has 31 heavy (non-hydrogen) atoms. The maximum atomic E-state index is 13.5. The van der Waals surface area contributed by atoms with Crippen LogP contribution in [-0.2, 0) is 22.9 Å². The maximum Gasteiger partial charge on any atom is 0.329 e. The molecule has 0 aliphatic heterocycles. The van der Waals surface area contributed by atoms with Crippen molar-refractivity contribution in [1.82, 2.24) is 9.13 Å². The number of hydrogen-bond donors (Lipinski definition) is 1. The summed E-state index contributed by atoms with van der Waals surface area (Å²) in [7, 11) is -3.95. The Hall–Kier alpha value is -3.17. The monoisotopic (exact) mass is 455 g/mol. The van der Waals surface area contributed by atoms with E-state index >= 15 is 0 Å². The highest BCUT2D eigenvalue weighted by Gasteiger charge is 2.26. The Bertz CT molecular complexity index is 1420. The summed E-state index contributed by atoms with van der Waals surface area (Å²) in [6, 6.07) is 14.5. The number of rotatable bonds is 6. The van der Waals surface area contributed by atoms with E-state index in [9.17, 15) is 18.0 Å². The fraction of sp³-hybridized carbons (Fsp3) is 0.182. The molecular formula is C22H21N3O4S2. The Morgan fingerprint density at radius 3 is 2.19 bits per heavy atom. The van der Waals surface area contributed by atoms with E-state index in [4.69, 9.17) is 0 Å². The molecule has 0 atom stereocenters. The first-order valence-corrected chi connectivity index (χ1v) is 12.2. The van der Waals surface area contributed by atoms with Gasteiger partial charge in [-0.3, -0.25) is 13.9 Å². The third-order valence-corrected chi connectivity index (χ3v) is 7.77. The molecule has 1 amide bonds. The fourth-order valence-corrected chi connectivity index (χ4v) is 5.65. The number of benzene rings is 2.